The molecule has 14 heteroatoms. The molecule has 0 aromatic rings. The van der Waals surface area contributed by atoms with Gasteiger partial charge in [-0.15, -0.1) is 0 Å². The second-order valence-corrected chi connectivity index (χ2v) is 21.8. The molecule has 0 spiro atoms. The molecule has 0 aromatic heterocycles. The molecule has 2 rings (SSSR count). The summed E-state index contributed by atoms with van der Waals surface area (Å²) >= 11 is 0. The third kappa shape index (κ3) is 32.8. The summed E-state index contributed by atoms with van der Waals surface area (Å²) in [5.74, 6) is -0.209. The Hall–Kier alpha value is -1.79. The van der Waals surface area contributed by atoms with Crippen LogP contribution in [0.3, 0.4) is 0 Å². The SMILES string of the molecule is CCCCCCC/C=C\C/C=C\C/C=C\CCCCCCCCCCCCC(=O)NC(COC1OC(CO)C(OC2OC(CO)C(O)C(O)C2O)C(O)C1O)C(O)CCCCCCCCCCCCCCCCCC. The molecule has 12 atom stereocenters. The lowest BCUT2D eigenvalue weighted by Gasteiger charge is -2.46. The first-order chi connectivity index (χ1) is 36.6. The summed E-state index contributed by atoms with van der Waals surface area (Å²) < 4.78 is 22.8. The fourth-order valence-corrected chi connectivity index (χ4v) is 10.1. The van der Waals surface area contributed by atoms with Crippen molar-refractivity contribution in [2.45, 2.75) is 325 Å². The highest BCUT2D eigenvalue weighted by atomic mass is 16.7. The van der Waals surface area contributed by atoms with Crippen LogP contribution in [-0.4, -0.2) is 140 Å². The van der Waals surface area contributed by atoms with E-state index in [1.165, 1.54) is 154 Å². The molecule has 2 aliphatic heterocycles. The zero-order chi connectivity index (χ0) is 54.6. The number of hydrogen-bond acceptors (Lipinski definition) is 13. The van der Waals surface area contributed by atoms with E-state index in [-0.39, 0.29) is 12.5 Å². The lowest BCUT2D eigenvalue weighted by Crippen LogP contribution is -2.65. The van der Waals surface area contributed by atoms with Crippen molar-refractivity contribution in [2.24, 2.45) is 0 Å². The molecule has 0 radical (unpaired) electrons. The number of allylic oxidation sites excluding steroid dienone is 6. The van der Waals surface area contributed by atoms with Crippen molar-refractivity contribution in [1.29, 1.82) is 0 Å². The molecule has 1 amide bonds. The Labute approximate surface area is 455 Å². The van der Waals surface area contributed by atoms with E-state index in [0.717, 1.165) is 70.6 Å². The molecule has 440 valence electrons. The molecule has 2 fully saturated rings. The number of nitrogens with one attached hydrogen (secondary N) is 1. The van der Waals surface area contributed by atoms with Gasteiger partial charge in [0, 0.05) is 6.42 Å². The molecule has 0 saturated carbocycles. The van der Waals surface area contributed by atoms with Gasteiger partial charge < -0.3 is 65.1 Å². The standard InChI is InChI=1S/C61H113NO13/c1-3-5-7-9-11-13-15-17-19-21-22-23-24-25-26-27-28-29-31-33-35-37-39-41-43-45-53(66)62-49(50(65)44-42-40-38-36-34-32-30-20-18-16-14-12-10-8-6-4-2)48-72-60-58(71)56(69)59(52(47-64)74-60)75-61-57(70)55(68)54(67)51(46-63)73-61/h15,17,21-22,24-25,49-52,54-61,63-65,67-71H,3-14,16,18-20,23,26-48H2,1-2H3,(H,62,66)/b17-15-,22-21-,25-24-. The van der Waals surface area contributed by atoms with Gasteiger partial charge in [-0.2, -0.15) is 0 Å². The summed E-state index contributed by atoms with van der Waals surface area (Å²) in [6, 6.07) is -0.831. The average Bonchev–Trinajstić information content (AvgIpc) is 3.41. The van der Waals surface area contributed by atoms with E-state index in [1.807, 2.05) is 0 Å². The summed E-state index contributed by atoms with van der Waals surface area (Å²) in [5.41, 5.74) is 0. The summed E-state index contributed by atoms with van der Waals surface area (Å²) in [7, 11) is 0. The molecule has 75 heavy (non-hydrogen) atoms. The van der Waals surface area contributed by atoms with Crippen LogP contribution >= 0.6 is 0 Å². The monoisotopic (exact) mass is 1070 g/mol. The smallest absolute Gasteiger partial charge is 0.220 e. The number of unbranched alkanes of at least 4 members (excludes halogenated alkanes) is 30. The van der Waals surface area contributed by atoms with Crippen LogP contribution in [0.15, 0.2) is 36.5 Å². The Morgan fingerprint density at radius 2 is 0.880 bits per heavy atom. The zero-order valence-corrected chi connectivity index (χ0v) is 47.3. The molecule has 12 unspecified atom stereocenters. The maximum absolute atomic E-state index is 13.3. The summed E-state index contributed by atoms with van der Waals surface area (Å²) in [4.78, 5) is 13.3. The second-order valence-electron chi connectivity index (χ2n) is 21.8. The number of rotatable bonds is 49. The average molecular weight is 1070 g/mol. The van der Waals surface area contributed by atoms with Gasteiger partial charge in [0.25, 0.3) is 0 Å². The number of aliphatic hydroxyl groups is 8. The largest absolute Gasteiger partial charge is 0.394 e. The first-order valence-electron chi connectivity index (χ1n) is 30.7. The molecule has 14 nitrogen and oxygen atoms in total. The number of aliphatic hydroxyl groups excluding tert-OH is 8. The van der Waals surface area contributed by atoms with E-state index < -0.39 is 86.8 Å². The van der Waals surface area contributed by atoms with Gasteiger partial charge in [0.05, 0.1) is 32.0 Å². The lowest BCUT2D eigenvalue weighted by molar-refractivity contribution is -0.359. The zero-order valence-electron chi connectivity index (χ0n) is 47.3. The predicted molar refractivity (Wildman–Crippen MR) is 300 cm³/mol. The van der Waals surface area contributed by atoms with Crippen LogP contribution in [-0.2, 0) is 23.7 Å². The fraction of sp³-hybridized carbons (Fsp3) is 0.885. The van der Waals surface area contributed by atoms with E-state index >= 15 is 0 Å². The highest BCUT2D eigenvalue weighted by Gasteiger charge is 2.51. The number of hydrogen-bond donors (Lipinski definition) is 9. The molecule has 2 aliphatic rings. The third-order valence-corrected chi connectivity index (χ3v) is 15.1. The minimum atomic E-state index is -1.78. The van der Waals surface area contributed by atoms with Gasteiger partial charge in [-0.3, -0.25) is 4.79 Å². The Kier molecular flexibility index (Phi) is 43.5. The highest BCUT2D eigenvalue weighted by Crippen LogP contribution is 2.30. The molecule has 2 heterocycles. The molecular weight excluding hydrogens is 955 g/mol. The van der Waals surface area contributed by atoms with E-state index in [1.54, 1.807) is 0 Å². The van der Waals surface area contributed by atoms with Gasteiger partial charge in [-0.25, -0.2) is 0 Å². The number of ether oxygens (including phenoxy) is 4. The Morgan fingerprint density at radius 1 is 0.480 bits per heavy atom. The lowest BCUT2D eigenvalue weighted by atomic mass is 9.97. The van der Waals surface area contributed by atoms with Gasteiger partial charge in [0.1, 0.15) is 48.8 Å². The van der Waals surface area contributed by atoms with Gasteiger partial charge in [0.15, 0.2) is 12.6 Å². The summed E-state index contributed by atoms with van der Waals surface area (Å²) in [6.45, 7) is 2.86. The highest BCUT2D eigenvalue weighted by molar-refractivity contribution is 5.76. The van der Waals surface area contributed by atoms with E-state index in [0.29, 0.717) is 12.8 Å². The van der Waals surface area contributed by atoms with Crippen LogP contribution < -0.4 is 5.32 Å². The van der Waals surface area contributed by atoms with Crippen molar-refractivity contribution in [1.82, 2.24) is 5.32 Å². The molecule has 0 aliphatic carbocycles. The summed E-state index contributed by atoms with van der Waals surface area (Å²) in [5, 5.41) is 87.3. The normalized spacial score (nSPS) is 25.3. The van der Waals surface area contributed by atoms with Crippen LogP contribution in [0.2, 0.25) is 0 Å². The maximum atomic E-state index is 13.3. The summed E-state index contributed by atoms with van der Waals surface area (Å²) in [6.07, 6.45) is 39.9. The predicted octanol–water partition coefficient (Wildman–Crippen LogP) is 10.6. The Bertz CT molecular complexity index is 1400. The van der Waals surface area contributed by atoms with Crippen molar-refractivity contribution in [3.63, 3.8) is 0 Å². The van der Waals surface area contributed by atoms with E-state index in [4.69, 9.17) is 18.9 Å². The van der Waals surface area contributed by atoms with E-state index in [9.17, 15) is 45.6 Å². The number of carbonyl (C=O) groups is 1. The van der Waals surface area contributed by atoms with Gasteiger partial charge in [0.2, 0.25) is 5.91 Å². The van der Waals surface area contributed by atoms with Crippen molar-refractivity contribution in [2.75, 3.05) is 19.8 Å². The topological polar surface area (TPSA) is 228 Å². The first kappa shape index (κ1) is 69.3. The van der Waals surface area contributed by atoms with Crippen molar-refractivity contribution in [3.05, 3.63) is 36.5 Å². The quantitative estimate of drug-likeness (QED) is 0.0204. The molecule has 9 N–H and O–H groups in total. The number of carbonyl (C=O) groups excluding carboxylic acids is 1. The van der Waals surface area contributed by atoms with Crippen LogP contribution in [0.5, 0.6) is 0 Å². The Morgan fingerprint density at radius 3 is 1.35 bits per heavy atom. The first-order valence-corrected chi connectivity index (χ1v) is 30.7. The molecular formula is C61H113NO13. The third-order valence-electron chi connectivity index (χ3n) is 15.1. The van der Waals surface area contributed by atoms with Crippen molar-refractivity contribution < 1.29 is 64.6 Å². The van der Waals surface area contributed by atoms with E-state index in [2.05, 4.69) is 55.6 Å². The number of amides is 1. The van der Waals surface area contributed by atoms with Crippen molar-refractivity contribution >= 4 is 5.91 Å². The second kappa shape index (κ2) is 47.1. The molecule has 0 bridgehead atoms. The van der Waals surface area contributed by atoms with Gasteiger partial charge >= 0.3 is 0 Å². The minimum absolute atomic E-state index is 0.209. The van der Waals surface area contributed by atoms with Crippen LogP contribution in [0.1, 0.15) is 251 Å². The van der Waals surface area contributed by atoms with Crippen LogP contribution in [0.25, 0.3) is 0 Å². The van der Waals surface area contributed by atoms with Gasteiger partial charge in [-0.1, -0.05) is 230 Å². The van der Waals surface area contributed by atoms with Crippen LogP contribution in [0.4, 0.5) is 0 Å². The maximum Gasteiger partial charge on any atom is 0.220 e. The molecule has 2 saturated heterocycles. The van der Waals surface area contributed by atoms with Crippen molar-refractivity contribution in [3.8, 4) is 0 Å². The minimum Gasteiger partial charge on any atom is -0.394 e. The van der Waals surface area contributed by atoms with Crippen LogP contribution in [0, 0.1) is 0 Å². The van der Waals surface area contributed by atoms with Gasteiger partial charge in [-0.05, 0) is 51.4 Å². The Balaban J connectivity index is 1.73. The molecule has 0 aromatic carbocycles. The fourth-order valence-electron chi connectivity index (χ4n) is 10.1.